The third-order valence-corrected chi connectivity index (χ3v) is 3.43. The van der Waals surface area contributed by atoms with Gasteiger partial charge in [0.2, 0.25) is 5.91 Å². The van der Waals surface area contributed by atoms with Crippen LogP contribution in [0.25, 0.3) is 11.2 Å². The minimum atomic E-state index is -0.0366. The molecule has 0 radical (unpaired) electrons. The quantitative estimate of drug-likeness (QED) is 0.824. The number of amides is 1. The van der Waals surface area contributed by atoms with Gasteiger partial charge in [-0.1, -0.05) is 13.3 Å². The molecule has 1 N–H and O–H groups in total. The highest BCUT2D eigenvalue weighted by Crippen LogP contribution is 2.21. The van der Waals surface area contributed by atoms with Crippen molar-refractivity contribution in [1.82, 2.24) is 24.6 Å². The van der Waals surface area contributed by atoms with E-state index in [1.54, 1.807) is 0 Å². The van der Waals surface area contributed by atoms with E-state index in [9.17, 15) is 4.79 Å². The van der Waals surface area contributed by atoms with Crippen molar-refractivity contribution in [2.75, 3.05) is 6.54 Å². The third-order valence-electron chi connectivity index (χ3n) is 3.19. The summed E-state index contributed by atoms with van der Waals surface area (Å²) in [5.41, 5.74) is 2.90. The summed E-state index contributed by atoms with van der Waals surface area (Å²) < 4.78 is 3.88. The van der Waals surface area contributed by atoms with Gasteiger partial charge in [-0.15, -0.1) is 11.6 Å². The van der Waals surface area contributed by atoms with Crippen LogP contribution in [0.3, 0.4) is 0 Å². The lowest BCUT2D eigenvalue weighted by Crippen LogP contribution is -2.25. The highest BCUT2D eigenvalue weighted by atomic mass is 35.5. The van der Waals surface area contributed by atoms with E-state index in [0.29, 0.717) is 19.0 Å². The number of carbonyl (C=O) groups is 1. The van der Waals surface area contributed by atoms with E-state index in [-0.39, 0.29) is 5.91 Å². The molecular formula is C13H20ClN5O. The average molecular weight is 298 g/mol. The number of carbonyl (C=O) groups excluding carboxylic acids is 1. The van der Waals surface area contributed by atoms with Crippen molar-refractivity contribution in [2.45, 2.75) is 39.1 Å². The van der Waals surface area contributed by atoms with Crippen LogP contribution in [0.15, 0.2) is 0 Å². The Bertz CT molecular complexity index is 616. The van der Waals surface area contributed by atoms with Crippen molar-refractivity contribution in [1.29, 1.82) is 0 Å². The Kier molecular flexibility index (Phi) is 4.65. The fraction of sp³-hybridized carbons (Fsp3) is 0.615. The summed E-state index contributed by atoms with van der Waals surface area (Å²) >= 11 is 5.98. The molecule has 20 heavy (non-hydrogen) atoms. The first-order valence-corrected chi connectivity index (χ1v) is 7.33. The van der Waals surface area contributed by atoms with Gasteiger partial charge in [-0.3, -0.25) is 9.48 Å². The molecule has 7 heteroatoms. The summed E-state index contributed by atoms with van der Waals surface area (Å²) in [6.07, 6.45) is 1.93. The van der Waals surface area contributed by atoms with Crippen LogP contribution in [0.4, 0.5) is 0 Å². The molecule has 0 bridgehead atoms. The molecule has 6 nitrogen and oxygen atoms in total. The molecule has 0 atom stereocenters. The predicted molar refractivity (Wildman–Crippen MR) is 78.7 cm³/mol. The van der Waals surface area contributed by atoms with E-state index in [1.165, 1.54) is 6.92 Å². The number of alkyl halides is 1. The number of hydrogen-bond acceptors (Lipinski definition) is 3. The summed E-state index contributed by atoms with van der Waals surface area (Å²) in [6, 6.07) is 0. The molecule has 0 unspecified atom stereocenters. The van der Waals surface area contributed by atoms with E-state index in [2.05, 4.69) is 22.3 Å². The van der Waals surface area contributed by atoms with E-state index < -0.39 is 0 Å². The van der Waals surface area contributed by atoms with Crippen molar-refractivity contribution in [2.24, 2.45) is 7.05 Å². The summed E-state index contributed by atoms with van der Waals surface area (Å²) in [7, 11) is 1.91. The largest absolute Gasteiger partial charge is 0.355 e. The summed E-state index contributed by atoms with van der Waals surface area (Å²) in [4.78, 5) is 15.6. The summed E-state index contributed by atoms with van der Waals surface area (Å²) in [5, 5.41) is 7.31. The zero-order valence-corrected chi connectivity index (χ0v) is 12.9. The number of halogens is 1. The maximum Gasteiger partial charge on any atom is 0.216 e. The van der Waals surface area contributed by atoms with Crippen molar-refractivity contribution in [3.05, 3.63) is 11.5 Å². The van der Waals surface area contributed by atoms with Crippen LogP contribution < -0.4 is 5.32 Å². The van der Waals surface area contributed by atoms with E-state index in [0.717, 1.165) is 35.5 Å². The molecule has 0 aliphatic carbocycles. The number of imidazole rings is 1. The Morgan fingerprint density at radius 3 is 2.80 bits per heavy atom. The molecule has 0 fully saturated rings. The Hall–Kier alpha value is -1.56. The molecule has 1 amide bonds. The molecule has 110 valence electrons. The number of hydrogen-bond donors (Lipinski definition) is 1. The second kappa shape index (κ2) is 6.26. The van der Waals surface area contributed by atoms with Crippen LogP contribution in [0.1, 0.15) is 31.8 Å². The summed E-state index contributed by atoms with van der Waals surface area (Å²) in [6.45, 7) is 4.83. The Morgan fingerprint density at radius 1 is 1.45 bits per heavy atom. The average Bonchev–Trinajstić information content (AvgIpc) is 2.89. The molecule has 0 aliphatic rings. The number of rotatable bonds is 6. The van der Waals surface area contributed by atoms with Gasteiger partial charge in [0.25, 0.3) is 0 Å². The van der Waals surface area contributed by atoms with Crippen LogP contribution in [-0.4, -0.2) is 31.8 Å². The second-order valence-corrected chi connectivity index (χ2v) is 5.06. The van der Waals surface area contributed by atoms with Crippen LogP contribution >= 0.6 is 11.6 Å². The topological polar surface area (TPSA) is 64.7 Å². The van der Waals surface area contributed by atoms with Gasteiger partial charge in [0.05, 0.1) is 11.6 Å². The maximum atomic E-state index is 11.0. The monoisotopic (exact) mass is 297 g/mol. The van der Waals surface area contributed by atoms with Crippen LogP contribution in [0.5, 0.6) is 0 Å². The molecule has 0 spiro atoms. The highest BCUT2D eigenvalue weighted by molar-refractivity contribution is 6.16. The first-order valence-electron chi connectivity index (χ1n) is 6.79. The normalized spacial score (nSPS) is 11.2. The Morgan fingerprint density at radius 2 is 2.20 bits per heavy atom. The SMILES string of the molecule is CCCc1nn(C)c2c1nc(CCl)n2CCNC(C)=O. The van der Waals surface area contributed by atoms with Crippen molar-refractivity contribution >= 4 is 28.7 Å². The minimum absolute atomic E-state index is 0.0366. The van der Waals surface area contributed by atoms with Gasteiger partial charge in [-0.05, 0) is 6.42 Å². The van der Waals surface area contributed by atoms with Crippen LogP contribution in [0, 0.1) is 0 Å². The smallest absolute Gasteiger partial charge is 0.216 e. The van der Waals surface area contributed by atoms with Gasteiger partial charge >= 0.3 is 0 Å². The van der Waals surface area contributed by atoms with Gasteiger partial charge in [0.1, 0.15) is 11.3 Å². The molecule has 0 saturated heterocycles. The van der Waals surface area contributed by atoms with Gasteiger partial charge in [0, 0.05) is 27.1 Å². The zero-order valence-electron chi connectivity index (χ0n) is 12.1. The minimum Gasteiger partial charge on any atom is -0.355 e. The lowest BCUT2D eigenvalue weighted by molar-refractivity contribution is -0.118. The van der Waals surface area contributed by atoms with Crippen molar-refractivity contribution in [3.63, 3.8) is 0 Å². The standard InChI is InChI=1S/C13H20ClN5O/c1-4-5-10-12-13(18(3)17-10)19(11(8-14)16-12)7-6-15-9(2)20/h4-8H2,1-3H3,(H,15,20). The number of nitrogens with zero attached hydrogens (tertiary/aromatic N) is 4. The number of aryl methyl sites for hydroxylation is 2. The van der Waals surface area contributed by atoms with Crippen molar-refractivity contribution < 1.29 is 4.79 Å². The zero-order chi connectivity index (χ0) is 14.7. The van der Waals surface area contributed by atoms with Gasteiger partial charge < -0.3 is 9.88 Å². The number of nitrogens with one attached hydrogen (secondary N) is 1. The predicted octanol–water partition coefficient (Wildman–Crippen LogP) is 1.60. The molecular weight excluding hydrogens is 278 g/mol. The molecule has 2 aromatic rings. The van der Waals surface area contributed by atoms with E-state index >= 15 is 0 Å². The van der Waals surface area contributed by atoms with Gasteiger partial charge in [-0.2, -0.15) is 5.10 Å². The molecule has 0 aromatic carbocycles. The lowest BCUT2D eigenvalue weighted by Gasteiger charge is -2.08. The molecule has 0 aliphatic heterocycles. The lowest BCUT2D eigenvalue weighted by atomic mass is 10.2. The number of fused-ring (bicyclic) bond motifs is 1. The fourth-order valence-electron chi connectivity index (χ4n) is 2.37. The van der Waals surface area contributed by atoms with E-state index in [1.807, 2.05) is 16.3 Å². The Labute approximate surface area is 123 Å². The molecule has 2 heterocycles. The van der Waals surface area contributed by atoms with Crippen molar-refractivity contribution in [3.8, 4) is 0 Å². The highest BCUT2D eigenvalue weighted by Gasteiger charge is 2.18. The van der Waals surface area contributed by atoms with E-state index in [4.69, 9.17) is 11.6 Å². The maximum absolute atomic E-state index is 11.0. The van der Waals surface area contributed by atoms with Crippen LogP contribution in [0.2, 0.25) is 0 Å². The summed E-state index contributed by atoms with van der Waals surface area (Å²) in [5.74, 6) is 1.13. The van der Waals surface area contributed by atoms with Crippen LogP contribution in [-0.2, 0) is 30.7 Å². The van der Waals surface area contributed by atoms with Gasteiger partial charge in [0.15, 0.2) is 5.65 Å². The van der Waals surface area contributed by atoms with Gasteiger partial charge in [-0.25, -0.2) is 4.98 Å². The second-order valence-electron chi connectivity index (χ2n) is 4.79. The fourth-order valence-corrected chi connectivity index (χ4v) is 2.58. The molecule has 2 rings (SSSR count). The first kappa shape index (κ1) is 14.8. The Balaban J connectivity index is 2.37. The molecule has 0 saturated carbocycles. The number of aromatic nitrogens is 4. The third kappa shape index (κ3) is 2.80. The molecule has 2 aromatic heterocycles. The first-order chi connectivity index (χ1) is 9.58.